The third kappa shape index (κ3) is 3.05. The van der Waals surface area contributed by atoms with Crippen molar-refractivity contribution >= 4 is 22.8 Å². The van der Waals surface area contributed by atoms with Crippen LogP contribution in [0.15, 0.2) is 59.4 Å². The molecule has 2 aromatic carbocycles. The molecule has 4 N–H and O–H groups in total. The maximum Gasteiger partial charge on any atom is 0.326 e. The number of primary amides is 1. The van der Waals surface area contributed by atoms with Gasteiger partial charge in [-0.1, -0.05) is 42.5 Å². The average molecular weight is 324 g/mol. The number of hydrogen-bond acceptors (Lipinski definition) is 3. The molecule has 24 heavy (non-hydrogen) atoms. The summed E-state index contributed by atoms with van der Waals surface area (Å²) in [5.74, 6) is -1.14. The second-order valence-electron chi connectivity index (χ2n) is 5.35. The molecular weight excluding hydrogens is 308 g/mol. The number of aromatic nitrogens is 2. The molecule has 0 bridgehead atoms. The second kappa shape index (κ2) is 6.41. The molecule has 3 rings (SSSR count). The predicted octanol–water partition coefficient (Wildman–Crippen LogP) is 0.672. The Balaban J connectivity index is 1.82. The molecule has 122 valence electrons. The summed E-state index contributed by atoms with van der Waals surface area (Å²) in [5, 5.41) is 2.58. The van der Waals surface area contributed by atoms with Crippen LogP contribution < -0.4 is 16.7 Å². The van der Waals surface area contributed by atoms with Crippen LogP contribution in [0.1, 0.15) is 11.6 Å². The van der Waals surface area contributed by atoms with Crippen molar-refractivity contribution in [2.45, 2.75) is 12.6 Å². The van der Waals surface area contributed by atoms with Crippen LogP contribution in [0.4, 0.5) is 0 Å². The third-order valence-electron chi connectivity index (χ3n) is 3.71. The van der Waals surface area contributed by atoms with Crippen molar-refractivity contribution in [3.8, 4) is 0 Å². The van der Waals surface area contributed by atoms with Gasteiger partial charge in [0.2, 0.25) is 11.8 Å². The summed E-state index contributed by atoms with van der Waals surface area (Å²) in [5.41, 5.74) is 6.84. The molecule has 0 aliphatic rings. The first kappa shape index (κ1) is 15.5. The Hall–Kier alpha value is -3.35. The summed E-state index contributed by atoms with van der Waals surface area (Å²) < 4.78 is 1.31. The predicted molar refractivity (Wildman–Crippen MR) is 89.1 cm³/mol. The average Bonchev–Trinajstić information content (AvgIpc) is 2.89. The lowest BCUT2D eigenvalue weighted by Crippen LogP contribution is -2.40. The molecular formula is C17H16N4O3. The van der Waals surface area contributed by atoms with Crippen molar-refractivity contribution in [2.75, 3.05) is 0 Å². The zero-order valence-electron chi connectivity index (χ0n) is 12.7. The molecule has 0 saturated carbocycles. The number of para-hydroxylation sites is 2. The van der Waals surface area contributed by atoms with Crippen LogP contribution >= 0.6 is 0 Å². The van der Waals surface area contributed by atoms with E-state index in [2.05, 4.69) is 10.3 Å². The maximum absolute atomic E-state index is 12.3. The highest BCUT2D eigenvalue weighted by Crippen LogP contribution is 2.13. The number of carbonyl (C=O) groups excluding carboxylic acids is 2. The van der Waals surface area contributed by atoms with E-state index in [-0.39, 0.29) is 12.2 Å². The minimum atomic E-state index is -0.945. The fourth-order valence-corrected chi connectivity index (χ4v) is 2.58. The van der Waals surface area contributed by atoms with Crippen molar-refractivity contribution in [2.24, 2.45) is 5.73 Å². The summed E-state index contributed by atoms with van der Waals surface area (Å²) in [6.45, 7) is -0.209. The van der Waals surface area contributed by atoms with E-state index in [1.165, 1.54) is 4.57 Å². The van der Waals surface area contributed by atoms with Gasteiger partial charge in [0.15, 0.2) is 0 Å². The highest BCUT2D eigenvalue weighted by molar-refractivity contribution is 5.88. The summed E-state index contributed by atoms with van der Waals surface area (Å²) in [7, 11) is 0. The Bertz CT molecular complexity index is 943. The van der Waals surface area contributed by atoms with E-state index in [0.29, 0.717) is 16.6 Å². The van der Waals surface area contributed by atoms with Crippen molar-refractivity contribution in [3.05, 3.63) is 70.6 Å². The first-order valence-corrected chi connectivity index (χ1v) is 7.37. The van der Waals surface area contributed by atoms with Gasteiger partial charge in [-0.25, -0.2) is 4.79 Å². The summed E-state index contributed by atoms with van der Waals surface area (Å²) >= 11 is 0. The molecule has 7 nitrogen and oxygen atoms in total. The Kier molecular flexibility index (Phi) is 4.15. The van der Waals surface area contributed by atoms with Crippen LogP contribution in [-0.4, -0.2) is 21.4 Å². The van der Waals surface area contributed by atoms with Gasteiger partial charge in [0.25, 0.3) is 0 Å². The number of amides is 2. The zero-order chi connectivity index (χ0) is 17.1. The van der Waals surface area contributed by atoms with Crippen LogP contribution in [0.5, 0.6) is 0 Å². The van der Waals surface area contributed by atoms with Crippen LogP contribution in [0.3, 0.4) is 0 Å². The third-order valence-corrected chi connectivity index (χ3v) is 3.71. The second-order valence-corrected chi connectivity index (χ2v) is 5.35. The quantitative estimate of drug-likeness (QED) is 0.641. The number of H-pyrrole nitrogens is 1. The lowest BCUT2D eigenvalue weighted by molar-refractivity contribution is -0.127. The molecule has 0 aliphatic heterocycles. The molecule has 0 saturated heterocycles. The SMILES string of the molecule is NC(=O)C(NC(=O)Cn1c(=O)[nH]c2ccccc21)c1ccccc1. The van der Waals surface area contributed by atoms with E-state index in [1.807, 2.05) is 0 Å². The van der Waals surface area contributed by atoms with Gasteiger partial charge in [-0.2, -0.15) is 0 Å². The number of nitrogens with zero attached hydrogens (tertiary/aromatic N) is 1. The van der Waals surface area contributed by atoms with E-state index in [9.17, 15) is 14.4 Å². The zero-order valence-corrected chi connectivity index (χ0v) is 12.7. The van der Waals surface area contributed by atoms with Crippen molar-refractivity contribution in [3.63, 3.8) is 0 Å². The van der Waals surface area contributed by atoms with Gasteiger partial charge in [0.05, 0.1) is 11.0 Å². The number of fused-ring (bicyclic) bond motifs is 1. The van der Waals surface area contributed by atoms with E-state index in [1.54, 1.807) is 54.6 Å². The molecule has 0 fully saturated rings. The van der Waals surface area contributed by atoms with Gasteiger partial charge in [-0.15, -0.1) is 0 Å². The Morgan fingerprint density at radius 1 is 1.08 bits per heavy atom. The molecule has 1 heterocycles. The van der Waals surface area contributed by atoms with E-state index in [0.717, 1.165) is 0 Å². The number of imidazole rings is 1. The molecule has 0 radical (unpaired) electrons. The van der Waals surface area contributed by atoms with Crippen LogP contribution in [0, 0.1) is 0 Å². The normalized spacial score (nSPS) is 12.0. The molecule has 0 spiro atoms. The number of nitrogens with one attached hydrogen (secondary N) is 2. The van der Waals surface area contributed by atoms with Crippen LogP contribution in [-0.2, 0) is 16.1 Å². The topological polar surface area (TPSA) is 110 Å². The van der Waals surface area contributed by atoms with E-state index in [4.69, 9.17) is 5.73 Å². The number of benzene rings is 2. The van der Waals surface area contributed by atoms with Crippen molar-refractivity contribution < 1.29 is 9.59 Å². The lowest BCUT2D eigenvalue weighted by Gasteiger charge is -2.16. The number of nitrogens with two attached hydrogens (primary N) is 1. The minimum Gasteiger partial charge on any atom is -0.368 e. The fraction of sp³-hybridized carbons (Fsp3) is 0.118. The fourth-order valence-electron chi connectivity index (χ4n) is 2.58. The van der Waals surface area contributed by atoms with Gasteiger partial charge in [0.1, 0.15) is 12.6 Å². The van der Waals surface area contributed by atoms with Gasteiger partial charge in [-0.3, -0.25) is 14.2 Å². The standard InChI is InChI=1S/C17H16N4O3/c18-16(23)15(11-6-2-1-3-7-11)20-14(22)10-21-13-9-5-4-8-12(13)19-17(21)24/h1-9,15H,10H2,(H2,18,23)(H,19,24)(H,20,22). The lowest BCUT2D eigenvalue weighted by atomic mass is 10.1. The van der Waals surface area contributed by atoms with Gasteiger partial charge >= 0.3 is 5.69 Å². The van der Waals surface area contributed by atoms with Gasteiger partial charge in [0, 0.05) is 0 Å². The monoisotopic (exact) mass is 324 g/mol. The van der Waals surface area contributed by atoms with Gasteiger partial charge < -0.3 is 16.0 Å². The smallest absolute Gasteiger partial charge is 0.326 e. The van der Waals surface area contributed by atoms with E-state index < -0.39 is 17.9 Å². The van der Waals surface area contributed by atoms with Gasteiger partial charge in [-0.05, 0) is 17.7 Å². The Labute approximate surface area is 137 Å². The van der Waals surface area contributed by atoms with Crippen LogP contribution in [0.25, 0.3) is 11.0 Å². The molecule has 1 unspecified atom stereocenters. The maximum atomic E-state index is 12.3. The number of carbonyl (C=O) groups is 2. The largest absolute Gasteiger partial charge is 0.368 e. The minimum absolute atomic E-state index is 0.209. The van der Waals surface area contributed by atoms with Crippen molar-refractivity contribution in [1.82, 2.24) is 14.9 Å². The summed E-state index contributed by atoms with van der Waals surface area (Å²) in [6.07, 6.45) is 0. The molecule has 1 atom stereocenters. The highest BCUT2D eigenvalue weighted by atomic mass is 16.2. The molecule has 1 aromatic heterocycles. The molecule has 3 aromatic rings. The molecule has 2 amide bonds. The highest BCUT2D eigenvalue weighted by Gasteiger charge is 2.20. The first-order valence-electron chi connectivity index (χ1n) is 7.37. The molecule has 7 heteroatoms. The Morgan fingerprint density at radius 2 is 1.75 bits per heavy atom. The Morgan fingerprint density at radius 3 is 2.46 bits per heavy atom. The number of aromatic amines is 1. The van der Waals surface area contributed by atoms with Crippen LogP contribution in [0.2, 0.25) is 0 Å². The van der Waals surface area contributed by atoms with E-state index >= 15 is 0 Å². The molecule has 0 aliphatic carbocycles. The first-order chi connectivity index (χ1) is 11.6. The summed E-state index contributed by atoms with van der Waals surface area (Å²) in [6, 6.07) is 14.8. The van der Waals surface area contributed by atoms with Crippen molar-refractivity contribution in [1.29, 1.82) is 0 Å². The number of rotatable bonds is 5. The summed E-state index contributed by atoms with van der Waals surface area (Å²) in [4.78, 5) is 38.6. The number of hydrogen-bond donors (Lipinski definition) is 3.